The molecule has 0 bridgehead atoms. The normalized spacial score (nSPS) is 21.0. The molecule has 2 amide bonds. The number of nitrogens with one attached hydrogen (secondary N) is 2. The van der Waals surface area contributed by atoms with Gasteiger partial charge in [0.2, 0.25) is 0 Å². The van der Waals surface area contributed by atoms with Crippen molar-refractivity contribution in [3.63, 3.8) is 0 Å². The molecule has 2 unspecified atom stereocenters. The van der Waals surface area contributed by atoms with Crippen LogP contribution in [0.2, 0.25) is 0 Å². The van der Waals surface area contributed by atoms with Crippen LogP contribution in [0.15, 0.2) is 16.8 Å². The molecule has 2 atom stereocenters. The molecule has 0 spiro atoms. The molecule has 21 heavy (non-hydrogen) atoms. The predicted molar refractivity (Wildman–Crippen MR) is 85.5 cm³/mol. The van der Waals surface area contributed by atoms with Gasteiger partial charge >= 0.3 is 6.03 Å². The second-order valence-corrected chi connectivity index (χ2v) is 6.54. The largest absolute Gasteiger partial charge is 0.387 e. The topological polar surface area (TPSA) is 64.6 Å². The van der Waals surface area contributed by atoms with Gasteiger partial charge in [0.15, 0.2) is 0 Å². The zero-order valence-corrected chi connectivity index (χ0v) is 13.4. The molecule has 0 saturated carbocycles. The first-order valence-corrected chi connectivity index (χ1v) is 8.53. The van der Waals surface area contributed by atoms with Gasteiger partial charge in [0.1, 0.15) is 0 Å². The number of carbonyl (C=O) groups excluding carboxylic acids is 1. The average Bonchev–Trinajstić information content (AvgIpc) is 2.99. The molecule has 1 fully saturated rings. The van der Waals surface area contributed by atoms with Crippen molar-refractivity contribution in [3.8, 4) is 0 Å². The Hall–Kier alpha value is -1.11. The van der Waals surface area contributed by atoms with E-state index in [4.69, 9.17) is 0 Å². The summed E-state index contributed by atoms with van der Waals surface area (Å²) in [5.74, 6) is 0.758. The molecule has 2 rings (SSSR count). The van der Waals surface area contributed by atoms with Crippen LogP contribution in [0, 0.1) is 5.92 Å². The lowest BCUT2D eigenvalue weighted by Crippen LogP contribution is -2.43. The molecule has 2 heterocycles. The second-order valence-electron chi connectivity index (χ2n) is 5.76. The van der Waals surface area contributed by atoms with Crippen molar-refractivity contribution in [2.75, 3.05) is 32.7 Å². The maximum Gasteiger partial charge on any atom is 0.314 e. The van der Waals surface area contributed by atoms with Gasteiger partial charge in [-0.05, 0) is 47.7 Å². The lowest BCUT2D eigenvalue weighted by atomic mass is 10.0. The Bertz CT molecular complexity index is 425. The summed E-state index contributed by atoms with van der Waals surface area (Å²) in [5, 5.41) is 19.2. The molecule has 5 nitrogen and oxygen atoms in total. The molecule has 1 aromatic heterocycles. The van der Waals surface area contributed by atoms with Crippen LogP contribution in [0.1, 0.15) is 31.4 Å². The number of carbonyl (C=O) groups is 1. The molecule has 118 valence electrons. The van der Waals surface area contributed by atoms with E-state index in [1.54, 1.807) is 0 Å². The highest BCUT2D eigenvalue weighted by Gasteiger charge is 2.16. The fraction of sp³-hybridized carbons (Fsp3) is 0.667. The molecule has 3 N–H and O–H groups in total. The van der Waals surface area contributed by atoms with E-state index in [1.165, 1.54) is 24.2 Å². The number of thiophene rings is 1. The smallest absolute Gasteiger partial charge is 0.314 e. The first-order valence-electron chi connectivity index (χ1n) is 7.59. The number of nitrogens with zero attached hydrogens (tertiary/aromatic N) is 1. The van der Waals surface area contributed by atoms with Crippen LogP contribution in [-0.4, -0.2) is 48.8 Å². The van der Waals surface area contributed by atoms with E-state index in [0.717, 1.165) is 31.1 Å². The molecule has 0 aliphatic carbocycles. The van der Waals surface area contributed by atoms with Crippen LogP contribution >= 0.6 is 11.3 Å². The number of aliphatic hydroxyl groups is 1. The van der Waals surface area contributed by atoms with Gasteiger partial charge in [0.25, 0.3) is 0 Å². The summed E-state index contributed by atoms with van der Waals surface area (Å²) < 4.78 is 0. The van der Waals surface area contributed by atoms with Crippen LogP contribution in [0.3, 0.4) is 0 Å². The molecular formula is C15H25N3O2S. The molecular weight excluding hydrogens is 286 g/mol. The van der Waals surface area contributed by atoms with Crippen molar-refractivity contribution in [2.24, 2.45) is 5.92 Å². The van der Waals surface area contributed by atoms with Crippen molar-refractivity contribution in [3.05, 3.63) is 22.4 Å². The maximum atomic E-state index is 11.7. The average molecular weight is 311 g/mol. The highest BCUT2D eigenvalue weighted by Crippen LogP contribution is 2.15. The molecule has 1 saturated heterocycles. The Kier molecular flexibility index (Phi) is 6.48. The summed E-state index contributed by atoms with van der Waals surface area (Å²) in [6, 6.07) is 1.65. The predicted octanol–water partition coefficient (Wildman–Crippen LogP) is 1.81. The summed E-state index contributed by atoms with van der Waals surface area (Å²) >= 11 is 1.54. The van der Waals surface area contributed by atoms with E-state index in [2.05, 4.69) is 22.5 Å². The second kappa shape index (κ2) is 8.36. The van der Waals surface area contributed by atoms with Gasteiger partial charge in [0, 0.05) is 26.2 Å². The zero-order valence-electron chi connectivity index (χ0n) is 12.5. The molecule has 1 aliphatic heterocycles. The number of hydrogen-bond acceptors (Lipinski definition) is 4. The Labute approximate surface area is 130 Å². The molecule has 6 heteroatoms. The fourth-order valence-electron chi connectivity index (χ4n) is 2.65. The molecule has 0 aromatic carbocycles. The molecule has 1 aliphatic rings. The minimum atomic E-state index is -0.634. The van der Waals surface area contributed by atoms with Crippen molar-refractivity contribution in [1.82, 2.24) is 15.5 Å². The third-order valence-electron chi connectivity index (χ3n) is 3.84. The monoisotopic (exact) mass is 311 g/mol. The van der Waals surface area contributed by atoms with Gasteiger partial charge in [-0.3, -0.25) is 0 Å². The summed E-state index contributed by atoms with van der Waals surface area (Å²) in [7, 11) is 0. The number of rotatable bonds is 6. The van der Waals surface area contributed by atoms with Gasteiger partial charge in [-0.15, -0.1) is 0 Å². The lowest BCUT2D eigenvalue weighted by Gasteiger charge is -2.30. The van der Waals surface area contributed by atoms with Crippen LogP contribution in [-0.2, 0) is 0 Å². The summed E-state index contributed by atoms with van der Waals surface area (Å²) in [6.07, 6.45) is 1.93. The zero-order chi connectivity index (χ0) is 15.1. The van der Waals surface area contributed by atoms with E-state index in [1.807, 2.05) is 16.8 Å². The number of aliphatic hydroxyl groups excluding tert-OH is 1. The van der Waals surface area contributed by atoms with E-state index in [0.29, 0.717) is 6.54 Å². The third kappa shape index (κ3) is 5.65. The fourth-order valence-corrected chi connectivity index (χ4v) is 3.36. The highest BCUT2D eigenvalue weighted by molar-refractivity contribution is 7.07. The maximum absolute atomic E-state index is 11.7. The van der Waals surface area contributed by atoms with Crippen LogP contribution in [0.5, 0.6) is 0 Å². The highest BCUT2D eigenvalue weighted by atomic mass is 32.1. The van der Waals surface area contributed by atoms with Crippen molar-refractivity contribution in [1.29, 1.82) is 0 Å². The quantitative estimate of drug-likeness (QED) is 0.751. The minimum absolute atomic E-state index is 0.214. The first-order chi connectivity index (χ1) is 10.1. The van der Waals surface area contributed by atoms with Crippen LogP contribution in [0.25, 0.3) is 0 Å². The number of likely N-dealkylation sites (tertiary alicyclic amines) is 1. The summed E-state index contributed by atoms with van der Waals surface area (Å²) in [4.78, 5) is 14.1. The summed E-state index contributed by atoms with van der Waals surface area (Å²) in [5.41, 5.74) is 0.850. The van der Waals surface area contributed by atoms with E-state index in [9.17, 15) is 9.90 Å². The number of piperidine rings is 1. The Morgan fingerprint density at radius 2 is 2.43 bits per heavy atom. The van der Waals surface area contributed by atoms with Crippen molar-refractivity contribution >= 4 is 17.4 Å². The van der Waals surface area contributed by atoms with E-state index in [-0.39, 0.29) is 12.6 Å². The first kappa shape index (κ1) is 16.3. The van der Waals surface area contributed by atoms with Gasteiger partial charge in [-0.25, -0.2) is 4.79 Å². The number of amides is 2. The Morgan fingerprint density at radius 3 is 3.14 bits per heavy atom. The SMILES string of the molecule is CC1CCCN(CCNC(=O)NCC(O)c2ccsc2)C1. The van der Waals surface area contributed by atoms with Crippen LogP contribution in [0.4, 0.5) is 4.79 Å². The lowest BCUT2D eigenvalue weighted by molar-refractivity contribution is 0.171. The minimum Gasteiger partial charge on any atom is -0.387 e. The standard InChI is InChI=1S/C15H25N3O2S/c1-12-3-2-6-18(10-12)7-5-16-15(20)17-9-14(19)13-4-8-21-11-13/h4,8,11-12,14,19H,2-3,5-7,9-10H2,1H3,(H2,16,17,20). The van der Waals surface area contributed by atoms with E-state index < -0.39 is 6.10 Å². The van der Waals surface area contributed by atoms with Gasteiger partial charge in [0.05, 0.1) is 6.10 Å². The Balaban J connectivity index is 1.57. The van der Waals surface area contributed by atoms with Crippen LogP contribution < -0.4 is 10.6 Å². The van der Waals surface area contributed by atoms with Gasteiger partial charge in [-0.1, -0.05) is 6.92 Å². The van der Waals surface area contributed by atoms with Crippen molar-refractivity contribution < 1.29 is 9.90 Å². The number of hydrogen-bond donors (Lipinski definition) is 3. The number of urea groups is 1. The molecule has 1 aromatic rings. The van der Waals surface area contributed by atoms with Gasteiger partial charge in [-0.2, -0.15) is 11.3 Å². The van der Waals surface area contributed by atoms with Crippen molar-refractivity contribution in [2.45, 2.75) is 25.9 Å². The summed E-state index contributed by atoms with van der Waals surface area (Å²) in [6.45, 7) is 6.31. The Morgan fingerprint density at radius 1 is 1.57 bits per heavy atom. The van der Waals surface area contributed by atoms with E-state index >= 15 is 0 Å². The molecule has 0 radical (unpaired) electrons. The van der Waals surface area contributed by atoms with Gasteiger partial charge < -0.3 is 20.6 Å². The third-order valence-corrected chi connectivity index (χ3v) is 4.54.